The van der Waals surface area contributed by atoms with Gasteiger partial charge < -0.3 is 10.1 Å². The molecule has 0 spiro atoms. The zero-order valence-corrected chi connectivity index (χ0v) is 15.2. The van der Waals surface area contributed by atoms with Gasteiger partial charge >= 0.3 is 0 Å². The molecule has 0 saturated heterocycles. The molecule has 0 bridgehead atoms. The quantitative estimate of drug-likeness (QED) is 0.771. The molecule has 1 unspecified atom stereocenters. The second kappa shape index (κ2) is 6.33. The molecule has 7 heteroatoms. The molecule has 1 atom stereocenters. The number of hydrogen-bond donors (Lipinski definition) is 1. The highest BCUT2D eigenvalue weighted by Crippen LogP contribution is 2.40. The Morgan fingerprint density at radius 1 is 1.19 bits per heavy atom. The Morgan fingerprint density at radius 2 is 2.04 bits per heavy atom. The van der Waals surface area contributed by atoms with Crippen molar-refractivity contribution in [1.82, 2.24) is 19.7 Å². The van der Waals surface area contributed by atoms with Gasteiger partial charge in [-0.2, -0.15) is 5.10 Å². The Bertz CT molecular complexity index is 1020. The summed E-state index contributed by atoms with van der Waals surface area (Å²) in [5.41, 5.74) is 3.03. The summed E-state index contributed by atoms with van der Waals surface area (Å²) in [5, 5.41) is 8.49. The first-order valence-electron chi connectivity index (χ1n) is 9.43. The summed E-state index contributed by atoms with van der Waals surface area (Å²) >= 11 is 0. The van der Waals surface area contributed by atoms with E-state index in [0.29, 0.717) is 17.4 Å². The molecule has 3 aromatic rings. The number of carbonyl (C=O) groups is 1. The first-order chi connectivity index (χ1) is 13.2. The van der Waals surface area contributed by atoms with Gasteiger partial charge in [0.2, 0.25) is 5.91 Å². The number of anilines is 1. The zero-order valence-electron chi connectivity index (χ0n) is 15.2. The van der Waals surface area contributed by atoms with Gasteiger partial charge in [-0.1, -0.05) is 19.3 Å². The molecule has 2 aliphatic rings. The van der Waals surface area contributed by atoms with Crippen molar-refractivity contribution in [3.8, 4) is 5.75 Å². The summed E-state index contributed by atoms with van der Waals surface area (Å²) in [7, 11) is 1.62. The van der Waals surface area contributed by atoms with E-state index in [4.69, 9.17) is 9.84 Å². The van der Waals surface area contributed by atoms with Crippen molar-refractivity contribution in [1.29, 1.82) is 0 Å². The van der Waals surface area contributed by atoms with Crippen LogP contribution in [-0.2, 0) is 4.79 Å². The van der Waals surface area contributed by atoms with E-state index in [1.807, 2.05) is 29.1 Å². The van der Waals surface area contributed by atoms with E-state index in [1.54, 1.807) is 7.11 Å². The minimum atomic E-state index is -0.482. The van der Waals surface area contributed by atoms with Crippen LogP contribution < -0.4 is 10.1 Å². The lowest BCUT2D eigenvalue weighted by Crippen LogP contribution is -2.15. The molecule has 1 fully saturated rings. The standard InChI is InChI=1S/C20H21N5O2/c1-27-13-7-8-16-14(9-13)17(20(26)23-16)18-15-10-25(12-5-3-2-4-6-12)24-19(15)22-11-21-18/h7-12,17H,2-6H2,1H3,(H,23,26). The molecule has 1 aromatic carbocycles. The number of nitrogens with one attached hydrogen (secondary N) is 1. The predicted molar refractivity (Wildman–Crippen MR) is 101 cm³/mol. The molecule has 0 radical (unpaired) electrons. The largest absolute Gasteiger partial charge is 0.497 e. The topological polar surface area (TPSA) is 81.9 Å². The van der Waals surface area contributed by atoms with E-state index in [1.165, 1.54) is 25.6 Å². The van der Waals surface area contributed by atoms with Crippen molar-refractivity contribution in [2.75, 3.05) is 12.4 Å². The Morgan fingerprint density at radius 3 is 2.85 bits per heavy atom. The van der Waals surface area contributed by atoms with Gasteiger partial charge in [0, 0.05) is 11.9 Å². The highest BCUT2D eigenvalue weighted by atomic mass is 16.5. The molecule has 5 rings (SSSR count). The highest BCUT2D eigenvalue weighted by molar-refractivity contribution is 6.06. The van der Waals surface area contributed by atoms with Gasteiger partial charge in [0.05, 0.1) is 24.2 Å². The van der Waals surface area contributed by atoms with E-state index in [-0.39, 0.29) is 5.91 Å². The Balaban J connectivity index is 1.61. The number of ether oxygens (including phenoxy) is 1. The molecule has 1 N–H and O–H groups in total. The molecule has 138 valence electrons. The number of aromatic nitrogens is 4. The summed E-state index contributed by atoms with van der Waals surface area (Å²) < 4.78 is 7.37. The molecule has 7 nitrogen and oxygen atoms in total. The van der Waals surface area contributed by atoms with Crippen molar-refractivity contribution in [3.05, 3.63) is 42.0 Å². The monoisotopic (exact) mass is 363 g/mol. The molecule has 1 amide bonds. The molecule has 27 heavy (non-hydrogen) atoms. The fraction of sp³-hybridized carbons (Fsp3) is 0.400. The average molecular weight is 363 g/mol. The smallest absolute Gasteiger partial charge is 0.238 e. The maximum Gasteiger partial charge on any atom is 0.238 e. The zero-order chi connectivity index (χ0) is 18.4. The number of nitrogens with zero attached hydrogens (tertiary/aromatic N) is 4. The van der Waals surface area contributed by atoms with Crippen molar-refractivity contribution < 1.29 is 9.53 Å². The van der Waals surface area contributed by atoms with E-state index in [2.05, 4.69) is 15.3 Å². The van der Waals surface area contributed by atoms with Gasteiger partial charge in [-0.3, -0.25) is 9.48 Å². The SMILES string of the molecule is COc1ccc2c(c1)C(c1ncnc3nn(C4CCCCC4)cc13)C(=O)N2. The maximum atomic E-state index is 12.7. The van der Waals surface area contributed by atoms with Crippen molar-refractivity contribution in [2.24, 2.45) is 0 Å². The van der Waals surface area contributed by atoms with Gasteiger partial charge in [0.1, 0.15) is 18.0 Å². The van der Waals surface area contributed by atoms with Gasteiger partial charge in [-0.25, -0.2) is 9.97 Å². The number of carbonyl (C=O) groups excluding carboxylic acids is 1. The van der Waals surface area contributed by atoms with Crippen LogP contribution in [0.5, 0.6) is 5.75 Å². The maximum absolute atomic E-state index is 12.7. The van der Waals surface area contributed by atoms with Gasteiger partial charge in [-0.05, 0) is 36.6 Å². The highest BCUT2D eigenvalue weighted by Gasteiger charge is 2.35. The van der Waals surface area contributed by atoms with Crippen LogP contribution >= 0.6 is 0 Å². The summed E-state index contributed by atoms with van der Waals surface area (Å²) in [4.78, 5) is 21.6. The van der Waals surface area contributed by atoms with E-state index >= 15 is 0 Å². The molecule has 1 aliphatic carbocycles. The van der Waals surface area contributed by atoms with Gasteiger partial charge in [0.15, 0.2) is 5.65 Å². The van der Waals surface area contributed by atoms with Crippen LogP contribution in [0.3, 0.4) is 0 Å². The minimum absolute atomic E-state index is 0.0799. The lowest BCUT2D eigenvalue weighted by atomic mass is 9.94. The van der Waals surface area contributed by atoms with Crippen molar-refractivity contribution in [3.63, 3.8) is 0 Å². The third-order valence-electron chi connectivity index (χ3n) is 5.68. The first-order valence-corrected chi connectivity index (χ1v) is 9.43. The molecule has 1 aliphatic heterocycles. The van der Waals surface area contributed by atoms with Crippen molar-refractivity contribution >= 4 is 22.6 Å². The Hall–Kier alpha value is -2.96. The van der Waals surface area contributed by atoms with Crippen LogP contribution in [0.25, 0.3) is 11.0 Å². The molecule has 2 aromatic heterocycles. The second-order valence-electron chi connectivity index (χ2n) is 7.27. The number of rotatable bonds is 3. The number of benzene rings is 1. The van der Waals surface area contributed by atoms with Gasteiger partial charge in [-0.15, -0.1) is 0 Å². The normalized spacial score (nSPS) is 19.9. The fourth-order valence-corrected chi connectivity index (χ4v) is 4.27. The second-order valence-corrected chi connectivity index (χ2v) is 7.27. The van der Waals surface area contributed by atoms with Gasteiger partial charge in [0.25, 0.3) is 0 Å². The average Bonchev–Trinajstić information content (AvgIpc) is 3.28. The van der Waals surface area contributed by atoms with Crippen molar-refractivity contribution in [2.45, 2.75) is 44.1 Å². The fourth-order valence-electron chi connectivity index (χ4n) is 4.27. The molecule has 1 saturated carbocycles. The Kier molecular flexibility index (Phi) is 3.81. The molecular weight excluding hydrogens is 342 g/mol. The lowest BCUT2D eigenvalue weighted by molar-refractivity contribution is -0.116. The summed E-state index contributed by atoms with van der Waals surface area (Å²) in [6, 6.07) is 6.02. The summed E-state index contributed by atoms with van der Waals surface area (Å²) in [5.74, 6) is 0.159. The van der Waals surface area contributed by atoms with Crippen LogP contribution in [0.1, 0.15) is 55.3 Å². The number of amides is 1. The minimum Gasteiger partial charge on any atom is -0.497 e. The summed E-state index contributed by atoms with van der Waals surface area (Å²) in [6.45, 7) is 0. The Labute approximate surface area is 156 Å². The first kappa shape index (κ1) is 16.2. The summed E-state index contributed by atoms with van der Waals surface area (Å²) in [6.07, 6.45) is 9.56. The van der Waals surface area contributed by atoms with Crippen LogP contribution in [0.2, 0.25) is 0 Å². The molecular formula is C20H21N5O2. The number of fused-ring (bicyclic) bond motifs is 2. The lowest BCUT2D eigenvalue weighted by Gasteiger charge is -2.21. The molecule has 3 heterocycles. The third-order valence-corrected chi connectivity index (χ3v) is 5.68. The van der Waals surface area contributed by atoms with Crippen LogP contribution in [0.15, 0.2) is 30.7 Å². The van der Waals surface area contributed by atoms with Crippen LogP contribution in [0.4, 0.5) is 5.69 Å². The van der Waals surface area contributed by atoms with E-state index in [0.717, 1.165) is 35.2 Å². The third kappa shape index (κ3) is 2.65. The predicted octanol–water partition coefficient (Wildman–Crippen LogP) is 3.42. The van der Waals surface area contributed by atoms with E-state index in [9.17, 15) is 4.79 Å². The van der Waals surface area contributed by atoms with Crippen LogP contribution in [0, 0.1) is 0 Å². The van der Waals surface area contributed by atoms with Crippen LogP contribution in [-0.4, -0.2) is 32.8 Å². The number of hydrogen-bond acceptors (Lipinski definition) is 5. The number of methoxy groups -OCH3 is 1. The van der Waals surface area contributed by atoms with E-state index < -0.39 is 5.92 Å².